The third kappa shape index (κ3) is 6.00. The molecule has 5 heteroatoms. The summed E-state index contributed by atoms with van der Waals surface area (Å²) in [6, 6.07) is 3.79. The first-order valence-corrected chi connectivity index (χ1v) is 7.15. The van der Waals surface area contributed by atoms with E-state index >= 15 is 0 Å². The van der Waals surface area contributed by atoms with Crippen LogP contribution in [0.3, 0.4) is 0 Å². The van der Waals surface area contributed by atoms with Gasteiger partial charge in [0.05, 0.1) is 16.1 Å². The van der Waals surface area contributed by atoms with Crippen molar-refractivity contribution in [2.75, 3.05) is 27.2 Å². The Hall–Kier alpha value is -0.480. The van der Waals surface area contributed by atoms with E-state index in [9.17, 15) is 0 Å². The van der Waals surface area contributed by atoms with Crippen molar-refractivity contribution < 1.29 is 4.74 Å². The molecule has 0 fully saturated rings. The Morgan fingerprint density at radius 1 is 1.21 bits per heavy atom. The highest BCUT2D eigenvalue weighted by molar-refractivity contribution is 6.37. The Morgan fingerprint density at radius 2 is 1.79 bits per heavy atom. The van der Waals surface area contributed by atoms with Crippen LogP contribution in [0, 0.1) is 0 Å². The molecule has 0 heterocycles. The van der Waals surface area contributed by atoms with E-state index in [0.717, 1.165) is 25.2 Å². The van der Waals surface area contributed by atoms with Crippen molar-refractivity contribution in [2.24, 2.45) is 0 Å². The summed E-state index contributed by atoms with van der Waals surface area (Å²) < 4.78 is 5.60. The zero-order valence-corrected chi connectivity index (χ0v) is 13.5. The second kappa shape index (κ2) is 7.95. The molecule has 1 N–H and O–H groups in total. The normalized spacial score (nSPS) is 11.4. The van der Waals surface area contributed by atoms with Crippen LogP contribution in [0.1, 0.15) is 19.4 Å². The largest absolute Gasteiger partial charge is 0.488 e. The lowest BCUT2D eigenvalue weighted by molar-refractivity contribution is 0.242. The molecular weight excluding hydrogens is 283 g/mol. The molecule has 3 nitrogen and oxygen atoms in total. The first-order valence-electron chi connectivity index (χ1n) is 6.40. The van der Waals surface area contributed by atoms with Crippen LogP contribution in [0.2, 0.25) is 10.0 Å². The number of hydrogen-bond acceptors (Lipinski definition) is 3. The molecule has 1 aromatic carbocycles. The van der Waals surface area contributed by atoms with Crippen molar-refractivity contribution in [3.63, 3.8) is 0 Å². The average molecular weight is 305 g/mol. The Kier molecular flexibility index (Phi) is 6.94. The summed E-state index contributed by atoms with van der Waals surface area (Å²) in [4.78, 5) is 2.13. The molecule has 1 rings (SSSR count). The molecule has 0 spiro atoms. The molecule has 0 aromatic heterocycles. The van der Waals surface area contributed by atoms with Crippen LogP contribution in [0.25, 0.3) is 0 Å². The summed E-state index contributed by atoms with van der Waals surface area (Å²) in [5.74, 6) is 0.565. The summed E-state index contributed by atoms with van der Waals surface area (Å²) in [7, 11) is 4.10. The number of likely N-dealkylation sites (N-methyl/N-ethyl adjacent to an activating group) is 1. The van der Waals surface area contributed by atoms with Gasteiger partial charge in [-0.15, -0.1) is 0 Å². The Labute approximate surface area is 125 Å². The van der Waals surface area contributed by atoms with Gasteiger partial charge in [0.25, 0.3) is 0 Å². The lowest BCUT2D eigenvalue weighted by atomic mass is 10.2. The fourth-order valence-corrected chi connectivity index (χ4v) is 2.22. The minimum absolute atomic E-state index is 0.0547. The Morgan fingerprint density at radius 3 is 2.26 bits per heavy atom. The fourth-order valence-electron chi connectivity index (χ4n) is 1.60. The van der Waals surface area contributed by atoms with E-state index in [4.69, 9.17) is 27.9 Å². The van der Waals surface area contributed by atoms with Gasteiger partial charge in [0, 0.05) is 19.6 Å². The number of nitrogens with zero attached hydrogens (tertiary/aromatic N) is 1. The lowest BCUT2D eigenvalue weighted by Gasteiger charge is -2.15. The van der Waals surface area contributed by atoms with Crippen molar-refractivity contribution >= 4 is 23.2 Å². The van der Waals surface area contributed by atoms with E-state index in [1.54, 1.807) is 0 Å². The summed E-state index contributed by atoms with van der Waals surface area (Å²) in [5, 5.41) is 4.47. The topological polar surface area (TPSA) is 24.5 Å². The van der Waals surface area contributed by atoms with Gasteiger partial charge in [-0.05, 0) is 45.6 Å². The van der Waals surface area contributed by atoms with Crippen LogP contribution in [-0.2, 0) is 6.54 Å². The summed E-state index contributed by atoms with van der Waals surface area (Å²) >= 11 is 12.4. The van der Waals surface area contributed by atoms with Gasteiger partial charge >= 0.3 is 0 Å². The van der Waals surface area contributed by atoms with Gasteiger partial charge in [-0.25, -0.2) is 0 Å². The SMILES string of the molecule is CC(C)Oc1c(Cl)cc(CNCCN(C)C)cc1Cl. The van der Waals surface area contributed by atoms with Gasteiger partial charge in [0.2, 0.25) is 0 Å². The van der Waals surface area contributed by atoms with Crippen molar-refractivity contribution in [1.29, 1.82) is 0 Å². The molecule has 0 aliphatic rings. The van der Waals surface area contributed by atoms with Gasteiger partial charge in [-0.3, -0.25) is 0 Å². The van der Waals surface area contributed by atoms with E-state index in [2.05, 4.69) is 10.2 Å². The summed E-state index contributed by atoms with van der Waals surface area (Å²) in [6.07, 6.45) is 0.0547. The maximum atomic E-state index is 6.20. The van der Waals surface area contributed by atoms with Crippen molar-refractivity contribution in [2.45, 2.75) is 26.5 Å². The number of nitrogens with one attached hydrogen (secondary N) is 1. The van der Waals surface area contributed by atoms with E-state index in [1.807, 2.05) is 40.1 Å². The predicted molar refractivity (Wildman–Crippen MR) is 82.5 cm³/mol. The van der Waals surface area contributed by atoms with Gasteiger partial charge in [-0.1, -0.05) is 23.2 Å². The predicted octanol–water partition coefficient (Wildman–Crippen LogP) is 3.43. The Balaban J connectivity index is 2.62. The maximum absolute atomic E-state index is 6.20. The van der Waals surface area contributed by atoms with Crippen molar-refractivity contribution in [3.05, 3.63) is 27.7 Å². The van der Waals surface area contributed by atoms with Gasteiger partial charge in [0.1, 0.15) is 0 Å². The highest BCUT2D eigenvalue weighted by Crippen LogP contribution is 2.34. The smallest absolute Gasteiger partial charge is 0.156 e. The second-order valence-electron chi connectivity index (χ2n) is 5.04. The van der Waals surface area contributed by atoms with Crippen molar-refractivity contribution in [3.8, 4) is 5.75 Å². The van der Waals surface area contributed by atoms with Crippen LogP contribution in [0.5, 0.6) is 5.75 Å². The van der Waals surface area contributed by atoms with Crippen molar-refractivity contribution in [1.82, 2.24) is 10.2 Å². The van der Waals surface area contributed by atoms with Crippen LogP contribution in [-0.4, -0.2) is 38.2 Å². The zero-order valence-electron chi connectivity index (χ0n) is 12.0. The molecule has 0 amide bonds. The standard InChI is InChI=1S/C14H22Cl2N2O/c1-10(2)19-14-12(15)7-11(8-13(14)16)9-17-5-6-18(3)4/h7-8,10,17H,5-6,9H2,1-4H3. The quantitative estimate of drug-likeness (QED) is 0.781. The highest BCUT2D eigenvalue weighted by atomic mass is 35.5. The minimum Gasteiger partial charge on any atom is -0.488 e. The van der Waals surface area contributed by atoms with Crippen LogP contribution >= 0.6 is 23.2 Å². The molecule has 1 aromatic rings. The van der Waals surface area contributed by atoms with E-state index in [0.29, 0.717) is 15.8 Å². The highest BCUT2D eigenvalue weighted by Gasteiger charge is 2.11. The third-order valence-corrected chi connectivity index (χ3v) is 3.04. The molecule has 0 saturated heterocycles. The fraction of sp³-hybridized carbons (Fsp3) is 0.571. The lowest BCUT2D eigenvalue weighted by Crippen LogP contribution is -2.26. The molecule has 19 heavy (non-hydrogen) atoms. The molecular formula is C14H22Cl2N2O. The van der Waals surface area contributed by atoms with Crippen LogP contribution in [0.4, 0.5) is 0 Å². The number of ether oxygens (including phenoxy) is 1. The zero-order chi connectivity index (χ0) is 14.4. The van der Waals surface area contributed by atoms with Gasteiger partial charge < -0.3 is 15.0 Å². The number of halogens is 2. The summed E-state index contributed by atoms with van der Waals surface area (Å²) in [5.41, 5.74) is 1.06. The minimum atomic E-state index is 0.0547. The van der Waals surface area contributed by atoms with E-state index in [1.165, 1.54) is 0 Å². The molecule has 108 valence electrons. The first-order chi connectivity index (χ1) is 8.90. The maximum Gasteiger partial charge on any atom is 0.156 e. The molecule has 0 bridgehead atoms. The van der Waals surface area contributed by atoms with Gasteiger partial charge in [0.15, 0.2) is 5.75 Å². The molecule has 0 aliphatic heterocycles. The third-order valence-electron chi connectivity index (χ3n) is 2.48. The van der Waals surface area contributed by atoms with Crippen LogP contribution < -0.4 is 10.1 Å². The van der Waals surface area contributed by atoms with E-state index in [-0.39, 0.29) is 6.10 Å². The summed E-state index contributed by atoms with van der Waals surface area (Å²) in [6.45, 7) is 6.56. The number of rotatable bonds is 7. The molecule has 0 aliphatic carbocycles. The number of hydrogen-bond donors (Lipinski definition) is 1. The molecule has 0 unspecified atom stereocenters. The first kappa shape index (κ1) is 16.6. The van der Waals surface area contributed by atoms with Gasteiger partial charge in [-0.2, -0.15) is 0 Å². The molecule has 0 saturated carbocycles. The average Bonchev–Trinajstić information content (AvgIpc) is 2.29. The molecule has 0 atom stereocenters. The monoisotopic (exact) mass is 304 g/mol. The van der Waals surface area contributed by atoms with Crippen LogP contribution in [0.15, 0.2) is 12.1 Å². The van der Waals surface area contributed by atoms with E-state index < -0.39 is 0 Å². The second-order valence-corrected chi connectivity index (χ2v) is 5.85. The molecule has 0 radical (unpaired) electrons. The Bertz CT molecular complexity index is 385. The number of benzene rings is 1.